The van der Waals surface area contributed by atoms with Crippen LogP contribution in [0.3, 0.4) is 0 Å². The summed E-state index contributed by atoms with van der Waals surface area (Å²) in [5, 5.41) is 11.4. The number of amides is 2. The van der Waals surface area contributed by atoms with E-state index in [1.54, 1.807) is 12.1 Å². The summed E-state index contributed by atoms with van der Waals surface area (Å²) in [5.41, 5.74) is 3.58. The largest absolute Gasteiger partial charge is 0.388 e. The van der Waals surface area contributed by atoms with E-state index in [2.05, 4.69) is 12.2 Å². The molecule has 2 aromatic carbocycles. The zero-order valence-corrected chi connectivity index (χ0v) is 18.7. The van der Waals surface area contributed by atoms with Crippen molar-refractivity contribution in [3.05, 3.63) is 76.3 Å². The topological polar surface area (TPSA) is 57.6 Å². The third-order valence-corrected chi connectivity index (χ3v) is 8.55. The first-order valence-electron chi connectivity index (χ1n) is 11.5. The second-order valence-electron chi connectivity index (χ2n) is 9.90. The molecule has 1 saturated heterocycles. The standard InChI is InChI=1S/C27H26ClNO3/c1-14-12-15(2-10-22(14)28)3-11-23(30)16-4-6-17(7-5-16)29-26(31)24-18-8-9-19(21-13-20(18)21)25(24)27(29)32/h2,4-10,12,18-21,23-25,30H,3,11,13H2,1H3. The van der Waals surface area contributed by atoms with E-state index in [4.69, 9.17) is 11.6 Å². The molecule has 1 heterocycles. The maximum Gasteiger partial charge on any atom is 0.238 e. The van der Waals surface area contributed by atoms with Crippen LogP contribution in [0.2, 0.25) is 5.02 Å². The van der Waals surface area contributed by atoms with Crippen LogP contribution in [0, 0.1) is 42.4 Å². The van der Waals surface area contributed by atoms with Gasteiger partial charge in [0.2, 0.25) is 11.8 Å². The Labute approximate surface area is 192 Å². The lowest BCUT2D eigenvalue weighted by molar-refractivity contribution is -0.124. The monoisotopic (exact) mass is 447 g/mol. The molecule has 1 aliphatic heterocycles. The van der Waals surface area contributed by atoms with Crippen LogP contribution in [-0.2, 0) is 16.0 Å². The molecule has 3 fully saturated rings. The molecule has 164 valence electrons. The fourth-order valence-corrected chi connectivity index (χ4v) is 6.51. The number of hydrogen-bond donors (Lipinski definition) is 1. The molecular weight excluding hydrogens is 422 g/mol. The molecule has 5 heteroatoms. The number of benzene rings is 2. The Balaban J connectivity index is 1.16. The smallest absolute Gasteiger partial charge is 0.238 e. The van der Waals surface area contributed by atoms with Gasteiger partial charge < -0.3 is 5.11 Å². The number of aryl methyl sites for hydroxylation is 2. The zero-order valence-electron chi connectivity index (χ0n) is 17.9. The van der Waals surface area contributed by atoms with Gasteiger partial charge in [0.25, 0.3) is 0 Å². The second kappa shape index (κ2) is 7.29. The Kier molecular flexibility index (Phi) is 4.60. The number of halogens is 1. The molecule has 2 bridgehead atoms. The molecule has 7 atom stereocenters. The lowest BCUT2D eigenvalue weighted by Crippen LogP contribution is -2.40. The van der Waals surface area contributed by atoms with Gasteiger partial charge >= 0.3 is 0 Å². The van der Waals surface area contributed by atoms with Gasteiger partial charge in [-0.15, -0.1) is 0 Å². The number of imide groups is 1. The normalized spacial score (nSPS) is 32.8. The van der Waals surface area contributed by atoms with Gasteiger partial charge in [-0.2, -0.15) is 0 Å². The van der Waals surface area contributed by atoms with Crippen molar-refractivity contribution in [2.45, 2.75) is 32.3 Å². The minimum Gasteiger partial charge on any atom is -0.388 e. The Morgan fingerprint density at radius 1 is 1.00 bits per heavy atom. The maximum absolute atomic E-state index is 13.2. The van der Waals surface area contributed by atoms with Crippen molar-refractivity contribution >= 4 is 29.1 Å². The van der Waals surface area contributed by atoms with Crippen LogP contribution in [0.4, 0.5) is 5.69 Å². The van der Waals surface area contributed by atoms with Crippen molar-refractivity contribution in [2.24, 2.45) is 35.5 Å². The van der Waals surface area contributed by atoms with E-state index in [-0.39, 0.29) is 35.5 Å². The molecule has 2 amide bonds. The molecular formula is C27H26ClNO3. The van der Waals surface area contributed by atoms with Crippen LogP contribution in [0.15, 0.2) is 54.6 Å². The molecule has 1 N–H and O–H groups in total. The summed E-state index contributed by atoms with van der Waals surface area (Å²) in [7, 11) is 0. The third kappa shape index (κ3) is 3.00. The number of allylic oxidation sites excluding steroid dienone is 2. The minimum absolute atomic E-state index is 0.0453. The summed E-state index contributed by atoms with van der Waals surface area (Å²) >= 11 is 6.09. The molecule has 4 nitrogen and oxygen atoms in total. The molecule has 4 aliphatic carbocycles. The van der Waals surface area contributed by atoms with E-state index >= 15 is 0 Å². The van der Waals surface area contributed by atoms with Crippen molar-refractivity contribution in [2.75, 3.05) is 4.90 Å². The Bertz CT molecular complexity index is 1100. The molecule has 0 aromatic heterocycles. The number of anilines is 1. The van der Waals surface area contributed by atoms with E-state index in [0.29, 0.717) is 23.9 Å². The molecule has 5 aliphatic rings. The highest BCUT2D eigenvalue weighted by atomic mass is 35.5. The number of hydrogen-bond acceptors (Lipinski definition) is 3. The lowest BCUT2D eigenvalue weighted by Gasteiger charge is -2.37. The number of aliphatic hydroxyl groups excluding tert-OH is 1. The highest BCUT2D eigenvalue weighted by Crippen LogP contribution is 2.65. The predicted molar refractivity (Wildman–Crippen MR) is 123 cm³/mol. The summed E-state index contributed by atoms with van der Waals surface area (Å²) in [6.45, 7) is 1.97. The van der Waals surface area contributed by atoms with E-state index in [9.17, 15) is 14.7 Å². The molecule has 2 aromatic rings. The van der Waals surface area contributed by atoms with Gasteiger partial charge in [-0.25, -0.2) is 0 Å². The quantitative estimate of drug-likeness (QED) is 0.525. The molecule has 0 spiro atoms. The highest BCUT2D eigenvalue weighted by molar-refractivity contribution is 6.31. The van der Waals surface area contributed by atoms with Crippen molar-refractivity contribution in [1.29, 1.82) is 0 Å². The first-order valence-corrected chi connectivity index (χ1v) is 11.9. The van der Waals surface area contributed by atoms with Gasteiger partial charge in [0, 0.05) is 5.02 Å². The molecule has 0 radical (unpaired) electrons. The van der Waals surface area contributed by atoms with Crippen LogP contribution in [-0.4, -0.2) is 16.9 Å². The highest BCUT2D eigenvalue weighted by Gasteiger charge is 2.67. The number of rotatable bonds is 5. The minimum atomic E-state index is -0.611. The van der Waals surface area contributed by atoms with Crippen molar-refractivity contribution < 1.29 is 14.7 Å². The second-order valence-corrected chi connectivity index (χ2v) is 10.3. The Morgan fingerprint density at radius 3 is 2.22 bits per heavy atom. The maximum atomic E-state index is 13.2. The van der Waals surface area contributed by atoms with Gasteiger partial charge in [-0.3, -0.25) is 14.5 Å². The fourth-order valence-electron chi connectivity index (χ4n) is 6.39. The van der Waals surface area contributed by atoms with Crippen LogP contribution >= 0.6 is 11.6 Å². The van der Waals surface area contributed by atoms with Gasteiger partial charge in [0.1, 0.15) is 0 Å². The van der Waals surface area contributed by atoms with E-state index in [1.165, 1.54) is 4.90 Å². The Hall–Kier alpha value is -2.43. The average Bonchev–Trinajstić information content (AvgIpc) is 3.58. The van der Waals surface area contributed by atoms with Gasteiger partial charge in [0.15, 0.2) is 0 Å². The van der Waals surface area contributed by atoms with Crippen molar-refractivity contribution in [3.63, 3.8) is 0 Å². The summed E-state index contributed by atoms with van der Waals surface area (Å²) < 4.78 is 0. The molecule has 2 saturated carbocycles. The van der Waals surface area contributed by atoms with Gasteiger partial charge in [-0.1, -0.05) is 48.0 Å². The fraction of sp³-hybridized carbons (Fsp3) is 0.407. The average molecular weight is 448 g/mol. The third-order valence-electron chi connectivity index (χ3n) is 8.13. The molecule has 7 unspecified atom stereocenters. The van der Waals surface area contributed by atoms with Crippen LogP contribution in [0.5, 0.6) is 0 Å². The van der Waals surface area contributed by atoms with Crippen LogP contribution < -0.4 is 4.90 Å². The summed E-state index contributed by atoms with van der Waals surface area (Å²) in [4.78, 5) is 27.9. The van der Waals surface area contributed by atoms with Gasteiger partial charge in [0.05, 0.1) is 23.6 Å². The number of carbonyl (C=O) groups excluding carboxylic acids is 2. The lowest BCUT2D eigenvalue weighted by atomic mass is 9.63. The number of nitrogens with zero attached hydrogens (tertiary/aromatic N) is 1. The van der Waals surface area contributed by atoms with Crippen LogP contribution in [0.1, 0.15) is 35.6 Å². The van der Waals surface area contributed by atoms with E-state index in [1.807, 2.05) is 37.3 Å². The van der Waals surface area contributed by atoms with Crippen molar-refractivity contribution in [1.82, 2.24) is 0 Å². The Morgan fingerprint density at radius 2 is 1.62 bits per heavy atom. The zero-order chi connectivity index (χ0) is 22.1. The molecule has 32 heavy (non-hydrogen) atoms. The summed E-state index contributed by atoms with van der Waals surface area (Å²) in [6.07, 6.45) is 6.26. The van der Waals surface area contributed by atoms with Crippen LogP contribution in [0.25, 0.3) is 0 Å². The number of aliphatic hydroxyl groups is 1. The first kappa shape index (κ1) is 20.2. The van der Waals surface area contributed by atoms with E-state index in [0.717, 1.165) is 34.6 Å². The first-order chi connectivity index (χ1) is 15.4. The summed E-state index contributed by atoms with van der Waals surface area (Å²) in [6, 6.07) is 13.2. The SMILES string of the molecule is Cc1cc(CCC(O)c2ccc(N3C(=O)C4C5C=CC(C6CC56)C4C3=O)cc2)ccc1Cl. The summed E-state index contributed by atoms with van der Waals surface area (Å²) in [5.74, 6) is 1.20. The number of carbonyl (C=O) groups is 2. The molecule has 7 rings (SSSR count). The van der Waals surface area contributed by atoms with E-state index < -0.39 is 6.10 Å². The van der Waals surface area contributed by atoms with Gasteiger partial charge in [-0.05, 0) is 84.7 Å². The van der Waals surface area contributed by atoms with Crippen molar-refractivity contribution in [3.8, 4) is 0 Å². The predicted octanol–water partition coefficient (Wildman–Crippen LogP) is 4.87.